The molecule has 0 aliphatic heterocycles. The summed E-state index contributed by atoms with van der Waals surface area (Å²) in [5.74, 6) is -0.864. The number of nitriles is 1. The van der Waals surface area contributed by atoms with E-state index in [0.717, 1.165) is 6.26 Å². The zero-order valence-corrected chi connectivity index (χ0v) is 22.8. The summed E-state index contributed by atoms with van der Waals surface area (Å²) < 4.78 is 79.9. The molecule has 0 heterocycles. The van der Waals surface area contributed by atoms with Gasteiger partial charge in [-0.2, -0.15) is 18.4 Å². The topological polar surface area (TPSA) is 99.1 Å². The largest absolute Gasteiger partial charge is 0.407 e. The van der Waals surface area contributed by atoms with E-state index < -0.39 is 51.6 Å². The van der Waals surface area contributed by atoms with Gasteiger partial charge in [-0.1, -0.05) is 50.2 Å². The Hall–Kier alpha value is -2.97. The molecule has 208 valence electrons. The number of carbonyl (C=O) groups excluding carboxylic acids is 1. The zero-order chi connectivity index (χ0) is 28.9. The number of nitrogens with zero attached hydrogens (tertiary/aromatic N) is 1. The maximum absolute atomic E-state index is 14.4. The molecule has 1 amide bonds. The maximum atomic E-state index is 14.4. The number of alkyl halides is 4. The number of benzene rings is 2. The lowest BCUT2D eigenvalue weighted by Gasteiger charge is -2.30. The Bertz CT molecular complexity index is 1240. The molecular formula is C27H33F4N3O3S. The number of nitrogens with one attached hydrogen (secondary N) is 2. The molecular weight excluding hydrogens is 522 g/mol. The second-order valence-corrected chi connectivity index (χ2v) is 11.7. The van der Waals surface area contributed by atoms with Crippen LogP contribution in [0.1, 0.15) is 58.6 Å². The monoisotopic (exact) mass is 555 g/mol. The van der Waals surface area contributed by atoms with E-state index in [-0.39, 0.29) is 10.5 Å². The van der Waals surface area contributed by atoms with Crippen LogP contribution in [0.25, 0.3) is 11.1 Å². The second kappa shape index (κ2) is 11.8. The van der Waals surface area contributed by atoms with Gasteiger partial charge >= 0.3 is 6.18 Å². The van der Waals surface area contributed by atoms with E-state index in [1.807, 2.05) is 19.9 Å². The van der Waals surface area contributed by atoms with Crippen molar-refractivity contribution in [3.05, 3.63) is 54.1 Å². The van der Waals surface area contributed by atoms with E-state index in [0.29, 0.717) is 24.0 Å². The summed E-state index contributed by atoms with van der Waals surface area (Å²) in [5.41, 5.74) is -2.08. The summed E-state index contributed by atoms with van der Waals surface area (Å²) in [6, 6.07) is 9.47. The maximum Gasteiger partial charge on any atom is 0.407 e. The van der Waals surface area contributed by atoms with Gasteiger partial charge in [0.05, 0.1) is 17.0 Å². The molecule has 0 saturated heterocycles. The van der Waals surface area contributed by atoms with Crippen molar-refractivity contribution >= 4 is 15.7 Å². The number of sulfone groups is 1. The summed E-state index contributed by atoms with van der Waals surface area (Å²) in [4.78, 5) is 12.9. The lowest BCUT2D eigenvalue weighted by Crippen LogP contribution is -2.53. The van der Waals surface area contributed by atoms with Crippen molar-refractivity contribution in [1.82, 2.24) is 10.6 Å². The molecule has 0 aromatic heterocycles. The van der Waals surface area contributed by atoms with Crippen LogP contribution in [-0.4, -0.2) is 44.0 Å². The van der Waals surface area contributed by atoms with E-state index in [9.17, 15) is 36.0 Å². The van der Waals surface area contributed by atoms with Crippen LogP contribution in [-0.2, 0) is 14.6 Å². The molecule has 1 aliphatic carbocycles. The van der Waals surface area contributed by atoms with E-state index in [1.54, 1.807) is 12.1 Å². The van der Waals surface area contributed by atoms with Crippen molar-refractivity contribution in [2.45, 2.75) is 81.3 Å². The standard InChI is InChI=1S/C25H27F4N3O3S.C2H6/c1-23(2,26)14-20(22(33)32-24(15-30)12-13-24)31-21(25(27,28)29)18-6-4-16(5-7-18)17-8-10-19(11-9-17)36(3,34)35;1-2/h4-11,20-21,31H,12-14H2,1-3H3,(H,32,33);1-2H3/t20-,21-;/m0./s1. The van der Waals surface area contributed by atoms with Crippen LogP contribution < -0.4 is 10.6 Å². The molecule has 1 fully saturated rings. The molecule has 11 heteroatoms. The Balaban J connectivity index is 0.00000247. The van der Waals surface area contributed by atoms with E-state index in [2.05, 4.69) is 10.6 Å². The quantitative estimate of drug-likeness (QED) is 0.390. The lowest BCUT2D eigenvalue weighted by atomic mass is 9.96. The van der Waals surface area contributed by atoms with Crippen molar-refractivity contribution < 1.29 is 30.8 Å². The number of carbonyl (C=O) groups is 1. The fourth-order valence-corrected chi connectivity index (χ4v) is 4.40. The van der Waals surface area contributed by atoms with Gasteiger partial charge in [-0.15, -0.1) is 0 Å². The Morgan fingerprint density at radius 2 is 1.47 bits per heavy atom. The first-order chi connectivity index (χ1) is 17.5. The Morgan fingerprint density at radius 1 is 1.00 bits per heavy atom. The highest BCUT2D eigenvalue weighted by atomic mass is 32.2. The van der Waals surface area contributed by atoms with Gasteiger partial charge in [0.2, 0.25) is 5.91 Å². The summed E-state index contributed by atoms with van der Waals surface area (Å²) in [6.45, 7) is 6.33. The zero-order valence-electron chi connectivity index (χ0n) is 22.0. The van der Waals surface area contributed by atoms with Crippen molar-refractivity contribution in [3.63, 3.8) is 0 Å². The van der Waals surface area contributed by atoms with Crippen LogP contribution >= 0.6 is 0 Å². The van der Waals surface area contributed by atoms with Crippen molar-refractivity contribution in [3.8, 4) is 17.2 Å². The molecule has 2 atom stereocenters. The molecule has 1 aliphatic rings. The molecule has 2 aromatic rings. The van der Waals surface area contributed by atoms with Crippen molar-refractivity contribution in [1.29, 1.82) is 5.26 Å². The van der Waals surface area contributed by atoms with Gasteiger partial charge in [0.15, 0.2) is 9.84 Å². The lowest BCUT2D eigenvalue weighted by molar-refractivity contribution is -0.161. The molecule has 38 heavy (non-hydrogen) atoms. The smallest absolute Gasteiger partial charge is 0.336 e. The van der Waals surface area contributed by atoms with Crippen LogP contribution in [0.15, 0.2) is 53.4 Å². The Kier molecular flexibility index (Phi) is 9.73. The average Bonchev–Trinajstić information content (AvgIpc) is 3.61. The number of halogens is 4. The summed E-state index contributed by atoms with van der Waals surface area (Å²) in [6.07, 6.45) is -3.49. The molecule has 2 N–H and O–H groups in total. The average molecular weight is 556 g/mol. The second-order valence-electron chi connectivity index (χ2n) is 9.72. The molecule has 6 nitrogen and oxygen atoms in total. The third-order valence-electron chi connectivity index (χ3n) is 5.89. The van der Waals surface area contributed by atoms with E-state index >= 15 is 0 Å². The highest BCUT2D eigenvalue weighted by Crippen LogP contribution is 2.37. The fraction of sp³-hybridized carbons (Fsp3) is 0.481. The van der Waals surface area contributed by atoms with Crippen molar-refractivity contribution in [2.24, 2.45) is 0 Å². The van der Waals surface area contributed by atoms with Gasteiger partial charge in [-0.05, 0) is 55.5 Å². The van der Waals surface area contributed by atoms with E-state index in [4.69, 9.17) is 0 Å². The van der Waals surface area contributed by atoms with E-state index in [1.165, 1.54) is 50.2 Å². The summed E-state index contributed by atoms with van der Waals surface area (Å²) in [7, 11) is -3.39. The predicted octanol–water partition coefficient (Wildman–Crippen LogP) is 5.66. The molecule has 3 rings (SSSR count). The minimum Gasteiger partial charge on any atom is -0.336 e. The fourth-order valence-electron chi connectivity index (χ4n) is 3.77. The number of amides is 1. The van der Waals surface area contributed by atoms with Gasteiger partial charge in [0.1, 0.15) is 17.2 Å². The van der Waals surface area contributed by atoms with Crippen LogP contribution in [0.3, 0.4) is 0 Å². The SMILES string of the molecule is CC.CC(C)(F)C[C@H](N[C@@H](c1ccc(-c2ccc(S(C)(=O)=O)cc2)cc1)C(F)(F)F)C(=O)NC1(C#N)CC1. The minimum absolute atomic E-state index is 0.119. The molecule has 0 radical (unpaired) electrons. The van der Waals surface area contributed by atoms with Gasteiger partial charge in [0, 0.05) is 12.7 Å². The highest BCUT2D eigenvalue weighted by molar-refractivity contribution is 7.90. The normalized spacial score (nSPS) is 16.3. The van der Waals surface area contributed by atoms with Crippen molar-refractivity contribution in [2.75, 3.05) is 6.26 Å². The predicted molar refractivity (Wildman–Crippen MR) is 138 cm³/mol. The molecule has 0 unspecified atom stereocenters. The van der Waals surface area contributed by atoms with Gasteiger partial charge in [-0.3, -0.25) is 10.1 Å². The third kappa shape index (κ3) is 8.53. The Morgan fingerprint density at radius 3 is 1.84 bits per heavy atom. The first kappa shape index (κ1) is 31.2. The van der Waals surface area contributed by atoms with Gasteiger partial charge < -0.3 is 5.32 Å². The summed E-state index contributed by atoms with van der Waals surface area (Å²) in [5, 5.41) is 13.9. The highest BCUT2D eigenvalue weighted by Gasteiger charge is 2.48. The number of rotatable bonds is 9. The van der Waals surface area contributed by atoms with Gasteiger partial charge in [0.25, 0.3) is 0 Å². The number of hydrogen-bond donors (Lipinski definition) is 2. The van der Waals surface area contributed by atoms with Crippen LogP contribution in [0.4, 0.5) is 17.6 Å². The molecule has 1 saturated carbocycles. The first-order valence-corrected chi connectivity index (χ1v) is 14.1. The van der Waals surface area contributed by atoms with Crippen LogP contribution in [0, 0.1) is 11.3 Å². The molecule has 0 bridgehead atoms. The van der Waals surface area contributed by atoms with Crippen LogP contribution in [0.5, 0.6) is 0 Å². The molecule has 2 aromatic carbocycles. The van der Waals surface area contributed by atoms with Gasteiger partial charge in [-0.25, -0.2) is 12.8 Å². The summed E-state index contributed by atoms with van der Waals surface area (Å²) >= 11 is 0. The number of hydrogen-bond acceptors (Lipinski definition) is 5. The Labute approximate surface area is 221 Å². The van der Waals surface area contributed by atoms with Crippen LogP contribution in [0.2, 0.25) is 0 Å². The first-order valence-electron chi connectivity index (χ1n) is 12.2. The molecule has 0 spiro atoms. The third-order valence-corrected chi connectivity index (χ3v) is 7.02. The minimum atomic E-state index is -4.80.